The van der Waals surface area contributed by atoms with Crippen molar-refractivity contribution in [3.8, 4) is 0 Å². The molecular formula is C15H18F2N4. The molecule has 0 aromatic carbocycles. The zero-order valence-corrected chi connectivity index (χ0v) is 12.1. The number of nitrogens with one attached hydrogen (secondary N) is 1. The van der Waals surface area contributed by atoms with Gasteiger partial charge in [-0.05, 0) is 19.1 Å². The fourth-order valence-corrected chi connectivity index (χ4v) is 1.95. The lowest BCUT2D eigenvalue weighted by Gasteiger charge is -2.19. The first kappa shape index (κ1) is 15.2. The number of halogens is 2. The van der Waals surface area contributed by atoms with Gasteiger partial charge in [0.25, 0.3) is 0 Å². The number of hydrogen-bond acceptors (Lipinski definition) is 4. The summed E-state index contributed by atoms with van der Waals surface area (Å²) in [7, 11) is 1.72. The van der Waals surface area contributed by atoms with Gasteiger partial charge in [-0.1, -0.05) is 6.07 Å². The summed E-state index contributed by atoms with van der Waals surface area (Å²) in [6, 6.07) is 6.52. The van der Waals surface area contributed by atoms with Crippen LogP contribution in [0.2, 0.25) is 0 Å². The van der Waals surface area contributed by atoms with E-state index in [0.717, 1.165) is 11.8 Å². The average Bonchev–Trinajstić information content (AvgIpc) is 2.49. The predicted molar refractivity (Wildman–Crippen MR) is 79.5 cm³/mol. The quantitative estimate of drug-likeness (QED) is 0.889. The lowest BCUT2D eigenvalue weighted by Crippen LogP contribution is -2.23. The number of hydrogen-bond donors (Lipinski definition) is 1. The molecule has 0 saturated carbocycles. The van der Waals surface area contributed by atoms with Gasteiger partial charge < -0.3 is 10.2 Å². The van der Waals surface area contributed by atoms with Crippen molar-refractivity contribution in [2.75, 3.05) is 30.4 Å². The molecule has 0 spiro atoms. The molecule has 0 aliphatic rings. The van der Waals surface area contributed by atoms with Gasteiger partial charge in [-0.25, -0.2) is 13.8 Å². The van der Waals surface area contributed by atoms with Gasteiger partial charge in [-0.3, -0.25) is 4.98 Å². The monoisotopic (exact) mass is 292 g/mol. The van der Waals surface area contributed by atoms with Crippen molar-refractivity contribution in [1.82, 2.24) is 9.97 Å². The van der Waals surface area contributed by atoms with Crippen LogP contribution in [0.25, 0.3) is 0 Å². The van der Waals surface area contributed by atoms with Crippen molar-refractivity contribution in [1.29, 1.82) is 0 Å². The molecule has 6 heteroatoms. The van der Waals surface area contributed by atoms with Crippen LogP contribution in [-0.4, -0.2) is 30.1 Å². The Labute approximate surface area is 122 Å². The van der Waals surface area contributed by atoms with E-state index in [4.69, 9.17) is 0 Å². The van der Waals surface area contributed by atoms with E-state index >= 15 is 0 Å². The van der Waals surface area contributed by atoms with Crippen molar-refractivity contribution in [2.24, 2.45) is 0 Å². The topological polar surface area (TPSA) is 41.1 Å². The average molecular weight is 292 g/mol. The number of pyridine rings is 2. The molecule has 21 heavy (non-hydrogen) atoms. The van der Waals surface area contributed by atoms with E-state index in [0.29, 0.717) is 19.5 Å². The van der Waals surface area contributed by atoms with Crippen molar-refractivity contribution in [2.45, 2.75) is 13.3 Å². The van der Waals surface area contributed by atoms with Crippen LogP contribution in [0.1, 0.15) is 12.6 Å². The number of rotatable bonds is 6. The number of aromatic nitrogens is 2. The summed E-state index contributed by atoms with van der Waals surface area (Å²) < 4.78 is 27.4. The summed E-state index contributed by atoms with van der Waals surface area (Å²) >= 11 is 0. The SMILES string of the molecule is CCNc1nc(N(C)CCc2ccccn2)c(F)cc1F. The lowest BCUT2D eigenvalue weighted by atomic mass is 10.2. The van der Waals surface area contributed by atoms with Gasteiger partial charge in [0.05, 0.1) is 0 Å². The zero-order chi connectivity index (χ0) is 15.2. The van der Waals surface area contributed by atoms with E-state index < -0.39 is 11.6 Å². The third-order valence-electron chi connectivity index (χ3n) is 3.05. The summed E-state index contributed by atoms with van der Waals surface area (Å²) in [5.41, 5.74) is 0.916. The molecule has 112 valence electrons. The largest absolute Gasteiger partial charge is 0.368 e. The maximum atomic E-state index is 13.9. The van der Waals surface area contributed by atoms with Crippen LogP contribution in [0, 0.1) is 11.6 Å². The second-order valence-electron chi connectivity index (χ2n) is 4.65. The molecule has 4 nitrogen and oxygen atoms in total. The number of likely N-dealkylation sites (N-methyl/N-ethyl adjacent to an activating group) is 1. The molecule has 0 atom stereocenters. The highest BCUT2D eigenvalue weighted by atomic mass is 19.1. The molecular weight excluding hydrogens is 274 g/mol. The first-order valence-corrected chi connectivity index (χ1v) is 6.82. The maximum Gasteiger partial charge on any atom is 0.168 e. The van der Waals surface area contributed by atoms with Gasteiger partial charge in [0.2, 0.25) is 0 Å². The van der Waals surface area contributed by atoms with Crippen molar-refractivity contribution in [3.63, 3.8) is 0 Å². The fraction of sp³-hybridized carbons (Fsp3) is 0.333. The molecule has 0 unspecified atom stereocenters. The van der Waals surface area contributed by atoms with Crippen LogP contribution < -0.4 is 10.2 Å². The van der Waals surface area contributed by atoms with Crippen LogP contribution in [-0.2, 0) is 6.42 Å². The van der Waals surface area contributed by atoms with E-state index in [1.165, 1.54) is 0 Å². The second-order valence-corrected chi connectivity index (χ2v) is 4.65. The molecule has 0 bridgehead atoms. The highest BCUT2D eigenvalue weighted by Gasteiger charge is 2.14. The highest BCUT2D eigenvalue weighted by Crippen LogP contribution is 2.21. The van der Waals surface area contributed by atoms with Crippen LogP contribution in [0.15, 0.2) is 30.5 Å². The predicted octanol–water partition coefficient (Wildman–Crippen LogP) is 2.87. The smallest absolute Gasteiger partial charge is 0.168 e. The molecule has 2 aromatic rings. The summed E-state index contributed by atoms with van der Waals surface area (Å²) in [6.45, 7) is 2.89. The Kier molecular flexibility index (Phi) is 5.03. The number of anilines is 2. The molecule has 0 saturated heterocycles. The molecule has 2 rings (SSSR count). The highest BCUT2D eigenvalue weighted by molar-refractivity contribution is 5.48. The first-order valence-electron chi connectivity index (χ1n) is 6.82. The van der Waals surface area contributed by atoms with E-state index in [1.807, 2.05) is 25.1 Å². The van der Waals surface area contributed by atoms with Crippen molar-refractivity contribution >= 4 is 11.6 Å². The summed E-state index contributed by atoms with van der Waals surface area (Å²) in [5, 5.41) is 2.78. The van der Waals surface area contributed by atoms with E-state index in [2.05, 4.69) is 15.3 Å². The van der Waals surface area contributed by atoms with Gasteiger partial charge in [0.1, 0.15) is 0 Å². The molecule has 2 heterocycles. The Balaban J connectivity index is 2.11. The van der Waals surface area contributed by atoms with Crippen LogP contribution in [0.3, 0.4) is 0 Å². The van der Waals surface area contributed by atoms with Crippen LogP contribution >= 0.6 is 0 Å². The Morgan fingerprint density at radius 3 is 2.71 bits per heavy atom. The molecule has 0 fully saturated rings. The molecule has 0 radical (unpaired) electrons. The van der Waals surface area contributed by atoms with Gasteiger partial charge in [-0.2, -0.15) is 0 Å². The minimum absolute atomic E-state index is 0.0681. The van der Waals surface area contributed by atoms with Gasteiger partial charge in [-0.15, -0.1) is 0 Å². The second kappa shape index (κ2) is 6.97. The molecule has 2 aromatic heterocycles. The Morgan fingerprint density at radius 1 is 1.24 bits per heavy atom. The molecule has 0 aliphatic carbocycles. The first-order chi connectivity index (χ1) is 10.1. The van der Waals surface area contributed by atoms with Crippen LogP contribution in [0.5, 0.6) is 0 Å². The lowest BCUT2D eigenvalue weighted by molar-refractivity contribution is 0.572. The zero-order valence-electron chi connectivity index (χ0n) is 12.1. The normalized spacial score (nSPS) is 10.5. The van der Waals surface area contributed by atoms with Crippen LogP contribution in [0.4, 0.5) is 20.4 Å². The van der Waals surface area contributed by atoms with E-state index in [1.54, 1.807) is 18.1 Å². The maximum absolute atomic E-state index is 13.9. The molecule has 0 amide bonds. The minimum atomic E-state index is -0.684. The third kappa shape index (κ3) is 3.87. The van der Waals surface area contributed by atoms with Crippen molar-refractivity contribution < 1.29 is 8.78 Å². The third-order valence-corrected chi connectivity index (χ3v) is 3.05. The Morgan fingerprint density at radius 2 is 2.05 bits per heavy atom. The minimum Gasteiger partial charge on any atom is -0.368 e. The van der Waals surface area contributed by atoms with Gasteiger partial charge >= 0.3 is 0 Å². The standard InChI is InChI=1S/C15H18F2N4/c1-3-18-14-12(16)10-13(17)15(20-14)21(2)9-7-11-6-4-5-8-19-11/h4-6,8,10H,3,7,9H2,1-2H3,(H,18,20). The van der Waals surface area contributed by atoms with Crippen molar-refractivity contribution in [3.05, 3.63) is 47.8 Å². The Bertz CT molecular complexity index is 590. The van der Waals surface area contributed by atoms with Gasteiger partial charge in [0, 0.05) is 44.5 Å². The van der Waals surface area contributed by atoms with Gasteiger partial charge in [0.15, 0.2) is 23.3 Å². The van der Waals surface area contributed by atoms with E-state index in [-0.39, 0.29) is 11.6 Å². The van der Waals surface area contributed by atoms with E-state index in [9.17, 15) is 8.78 Å². The summed E-state index contributed by atoms with van der Waals surface area (Å²) in [4.78, 5) is 9.89. The number of nitrogens with zero attached hydrogens (tertiary/aromatic N) is 3. The molecule has 1 N–H and O–H groups in total. The summed E-state index contributed by atoms with van der Waals surface area (Å²) in [6.07, 6.45) is 2.38. The Hall–Kier alpha value is -2.24. The summed E-state index contributed by atoms with van der Waals surface area (Å²) in [5.74, 6) is -1.16. The fourth-order valence-electron chi connectivity index (χ4n) is 1.95. The molecule has 0 aliphatic heterocycles.